The summed E-state index contributed by atoms with van der Waals surface area (Å²) in [5.41, 5.74) is 1.72. The van der Waals surface area contributed by atoms with Crippen molar-refractivity contribution in [2.24, 2.45) is 0 Å². The van der Waals surface area contributed by atoms with Crippen molar-refractivity contribution in [2.75, 3.05) is 53.5 Å². The molecular formula is C24H32N3O4+. The van der Waals surface area contributed by atoms with E-state index in [4.69, 9.17) is 9.47 Å². The van der Waals surface area contributed by atoms with Gasteiger partial charge in [-0.1, -0.05) is 24.3 Å². The zero-order chi connectivity index (χ0) is 22.2. The second-order valence-electron chi connectivity index (χ2n) is 7.68. The first-order chi connectivity index (χ1) is 15.0. The van der Waals surface area contributed by atoms with E-state index in [0.29, 0.717) is 49.8 Å². The number of methoxy groups -OCH3 is 2. The van der Waals surface area contributed by atoms with E-state index in [9.17, 15) is 9.59 Å². The van der Waals surface area contributed by atoms with Gasteiger partial charge in [0.05, 0.1) is 40.4 Å². The summed E-state index contributed by atoms with van der Waals surface area (Å²) < 4.78 is 10.7. The Morgan fingerprint density at radius 2 is 1.68 bits per heavy atom. The van der Waals surface area contributed by atoms with Gasteiger partial charge in [0.15, 0.2) is 18.0 Å². The molecule has 1 fully saturated rings. The van der Waals surface area contributed by atoms with Crippen LogP contribution in [0.1, 0.15) is 22.8 Å². The predicted molar refractivity (Wildman–Crippen MR) is 119 cm³/mol. The zero-order valence-electron chi connectivity index (χ0n) is 18.6. The second kappa shape index (κ2) is 10.8. The molecule has 2 amide bonds. The van der Waals surface area contributed by atoms with E-state index in [1.165, 1.54) is 4.90 Å². The fourth-order valence-electron chi connectivity index (χ4n) is 3.87. The number of amides is 2. The Kier molecular flexibility index (Phi) is 7.89. The van der Waals surface area contributed by atoms with E-state index in [0.717, 1.165) is 18.7 Å². The summed E-state index contributed by atoms with van der Waals surface area (Å²) >= 11 is 0. The average molecular weight is 427 g/mol. The molecule has 1 saturated heterocycles. The molecule has 7 nitrogen and oxygen atoms in total. The summed E-state index contributed by atoms with van der Waals surface area (Å²) in [4.78, 5) is 30.5. The number of rotatable bonds is 8. The first kappa shape index (κ1) is 22.6. The molecule has 166 valence electrons. The van der Waals surface area contributed by atoms with Crippen molar-refractivity contribution in [1.82, 2.24) is 9.80 Å². The van der Waals surface area contributed by atoms with Crippen molar-refractivity contribution in [3.05, 3.63) is 59.7 Å². The summed E-state index contributed by atoms with van der Waals surface area (Å²) in [6.07, 6.45) is 0. The normalized spacial score (nSPS) is 14.2. The molecule has 2 aromatic rings. The maximum absolute atomic E-state index is 12.9. The van der Waals surface area contributed by atoms with Gasteiger partial charge in [-0.3, -0.25) is 9.59 Å². The third kappa shape index (κ3) is 5.76. The smallest absolute Gasteiger partial charge is 0.278 e. The molecule has 0 unspecified atom stereocenters. The number of quaternary nitrogens is 1. The quantitative estimate of drug-likeness (QED) is 0.687. The minimum Gasteiger partial charge on any atom is -0.493 e. The Balaban J connectivity index is 1.53. The highest BCUT2D eigenvalue weighted by molar-refractivity contribution is 5.94. The van der Waals surface area contributed by atoms with Gasteiger partial charge in [0, 0.05) is 18.7 Å². The van der Waals surface area contributed by atoms with Crippen LogP contribution in [0.25, 0.3) is 0 Å². The summed E-state index contributed by atoms with van der Waals surface area (Å²) in [6, 6.07) is 15.1. The molecule has 1 aliphatic heterocycles. The average Bonchev–Trinajstić information content (AvgIpc) is 2.82. The molecule has 3 rings (SSSR count). The van der Waals surface area contributed by atoms with Crippen molar-refractivity contribution >= 4 is 11.8 Å². The molecular weight excluding hydrogens is 394 g/mol. The molecule has 0 saturated carbocycles. The number of hydrogen-bond acceptors (Lipinski definition) is 4. The first-order valence-electron chi connectivity index (χ1n) is 10.7. The van der Waals surface area contributed by atoms with Crippen LogP contribution in [0.4, 0.5) is 0 Å². The fraction of sp³-hybridized carbons (Fsp3) is 0.417. The van der Waals surface area contributed by atoms with Gasteiger partial charge < -0.3 is 24.2 Å². The predicted octanol–water partition coefficient (Wildman–Crippen LogP) is 1.09. The maximum Gasteiger partial charge on any atom is 0.278 e. The molecule has 0 aromatic heterocycles. The Morgan fingerprint density at radius 3 is 2.29 bits per heavy atom. The molecule has 31 heavy (non-hydrogen) atoms. The molecule has 1 heterocycles. The van der Waals surface area contributed by atoms with Crippen LogP contribution in [0.3, 0.4) is 0 Å². The topological polar surface area (TPSA) is 63.5 Å². The lowest BCUT2D eigenvalue weighted by Crippen LogP contribution is -3.15. The highest BCUT2D eigenvalue weighted by Gasteiger charge is 2.27. The van der Waals surface area contributed by atoms with Crippen LogP contribution in [0.2, 0.25) is 0 Å². The SMILES string of the molecule is CCN(Cc1ccc(OC)c(OC)c1)C(=O)C[NH+]1CCN(C(=O)c2ccccc2)CC1. The van der Waals surface area contributed by atoms with Gasteiger partial charge in [0.25, 0.3) is 11.8 Å². The largest absolute Gasteiger partial charge is 0.493 e. The van der Waals surface area contributed by atoms with Crippen molar-refractivity contribution in [3.63, 3.8) is 0 Å². The van der Waals surface area contributed by atoms with Crippen LogP contribution in [-0.4, -0.2) is 75.1 Å². The molecule has 1 aliphatic rings. The van der Waals surface area contributed by atoms with Gasteiger partial charge in [-0.25, -0.2) is 0 Å². The Morgan fingerprint density at radius 1 is 1.00 bits per heavy atom. The second-order valence-corrected chi connectivity index (χ2v) is 7.68. The van der Waals surface area contributed by atoms with Crippen molar-refractivity contribution in [2.45, 2.75) is 13.5 Å². The lowest BCUT2D eigenvalue weighted by molar-refractivity contribution is -0.896. The number of likely N-dealkylation sites (N-methyl/N-ethyl adjacent to an activating group) is 1. The van der Waals surface area contributed by atoms with E-state index in [-0.39, 0.29) is 11.8 Å². The van der Waals surface area contributed by atoms with Crippen LogP contribution < -0.4 is 14.4 Å². The van der Waals surface area contributed by atoms with E-state index in [2.05, 4.69) is 0 Å². The summed E-state index contributed by atoms with van der Waals surface area (Å²) in [5.74, 6) is 1.52. The zero-order valence-corrected chi connectivity index (χ0v) is 18.6. The van der Waals surface area contributed by atoms with Gasteiger partial charge in [0.2, 0.25) is 0 Å². The summed E-state index contributed by atoms with van der Waals surface area (Å²) in [5, 5.41) is 0. The van der Waals surface area contributed by atoms with Crippen LogP contribution in [0, 0.1) is 0 Å². The number of nitrogens with one attached hydrogen (secondary N) is 1. The van der Waals surface area contributed by atoms with Crippen molar-refractivity contribution in [3.8, 4) is 11.5 Å². The van der Waals surface area contributed by atoms with Crippen molar-refractivity contribution in [1.29, 1.82) is 0 Å². The van der Waals surface area contributed by atoms with E-state index in [1.807, 2.05) is 65.3 Å². The monoisotopic (exact) mass is 426 g/mol. The lowest BCUT2D eigenvalue weighted by atomic mass is 10.1. The van der Waals surface area contributed by atoms with Gasteiger partial charge in [-0.2, -0.15) is 0 Å². The Bertz CT molecular complexity index is 880. The van der Waals surface area contributed by atoms with Gasteiger partial charge in [-0.15, -0.1) is 0 Å². The van der Waals surface area contributed by atoms with Gasteiger partial charge in [-0.05, 0) is 36.8 Å². The van der Waals surface area contributed by atoms with E-state index >= 15 is 0 Å². The lowest BCUT2D eigenvalue weighted by Gasteiger charge is -2.33. The van der Waals surface area contributed by atoms with Crippen LogP contribution in [-0.2, 0) is 11.3 Å². The van der Waals surface area contributed by atoms with E-state index in [1.54, 1.807) is 14.2 Å². The minimum atomic E-state index is 0.0645. The number of hydrogen-bond donors (Lipinski definition) is 1. The third-order valence-corrected chi connectivity index (χ3v) is 5.74. The Hall–Kier alpha value is -3.06. The van der Waals surface area contributed by atoms with Crippen LogP contribution >= 0.6 is 0 Å². The highest BCUT2D eigenvalue weighted by Crippen LogP contribution is 2.28. The van der Waals surface area contributed by atoms with Gasteiger partial charge >= 0.3 is 0 Å². The first-order valence-corrected chi connectivity index (χ1v) is 10.7. The molecule has 1 N–H and O–H groups in total. The third-order valence-electron chi connectivity index (χ3n) is 5.74. The molecule has 0 spiro atoms. The minimum absolute atomic E-state index is 0.0645. The highest BCUT2D eigenvalue weighted by atomic mass is 16.5. The number of nitrogens with zero attached hydrogens (tertiary/aromatic N) is 2. The molecule has 0 radical (unpaired) electrons. The maximum atomic E-state index is 12.9. The number of ether oxygens (including phenoxy) is 2. The van der Waals surface area contributed by atoms with E-state index < -0.39 is 0 Å². The summed E-state index contributed by atoms with van der Waals surface area (Å²) in [6.45, 7) is 6.48. The molecule has 0 bridgehead atoms. The summed E-state index contributed by atoms with van der Waals surface area (Å²) in [7, 11) is 3.21. The number of benzene rings is 2. The van der Waals surface area contributed by atoms with Crippen LogP contribution in [0.15, 0.2) is 48.5 Å². The molecule has 7 heteroatoms. The molecule has 2 aromatic carbocycles. The van der Waals surface area contributed by atoms with Crippen molar-refractivity contribution < 1.29 is 24.0 Å². The fourth-order valence-corrected chi connectivity index (χ4v) is 3.87. The number of carbonyl (C=O) groups is 2. The van der Waals surface area contributed by atoms with Gasteiger partial charge in [0.1, 0.15) is 0 Å². The van der Waals surface area contributed by atoms with Crippen LogP contribution in [0.5, 0.6) is 11.5 Å². The standard InChI is InChI=1S/C24H31N3O4/c1-4-26(17-19-10-11-21(30-2)22(16-19)31-3)23(28)18-25-12-14-27(15-13-25)24(29)20-8-6-5-7-9-20/h5-11,16H,4,12-15,17-18H2,1-3H3/p+1. The molecule has 0 aliphatic carbocycles. The Labute approximate surface area is 184 Å². The number of carbonyl (C=O) groups excluding carboxylic acids is 2. The molecule has 0 atom stereocenters. The number of piperazine rings is 1.